The minimum absolute atomic E-state index is 0.0597. The maximum atomic E-state index is 10.9. The van der Waals surface area contributed by atoms with Crippen molar-refractivity contribution in [3.05, 3.63) is 12.2 Å². The van der Waals surface area contributed by atoms with E-state index < -0.39 is 30.3 Å². The van der Waals surface area contributed by atoms with Crippen molar-refractivity contribution >= 4 is 11.9 Å². The van der Waals surface area contributed by atoms with Crippen molar-refractivity contribution in [2.75, 3.05) is 6.61 Å². The Kier molecular flexibility index (Phi) is 4.67. The Balaban J connectivity index is 2.66. The number of nitriles is 1. The molecule has 0 aliphatic carbocycles. The number of carbonyl (C=O) groups is 2. The zero-order chi connectivity index (χ0) is 12.8. The van der Waals surface area contributed by atoms with Crippen LogP contribution >= 0.6 is 0 Å². The summed E-state index contributed by atoms with van der Waals surface area (Å²) in [7, 11) is 0. The molecule has 0 bridgehead atoms. The van der Waals surface area contributed by atoms with Crippen molar-refractivity contribution in [2.45, 2.75) is 32.2 Å². The lowest BCUT2D eigenvalue weighted by Crippen LogP contribution is -2.41. The summed E-state index contributed by atoms with van der Waals surface area (Å²) in [4.78, 5) is 21.6. The van der Waals surface area contributed by atoms with Crippen molar-refractivity contribution in [1.82, 2.24) is 0 Å². The molecule has 1 aliphatic rings. The monoisotopic (exact) mass is 239 g/mol. The van der Waals surface area contributed by atoms with Gasteiger partial charge in [-0.1, -0.05) is 0 Å². The highest BCUT2D eigenvalue weighted by atomic mass is 16.6. The predicted molar refractivity (Wildman–Crippen MR) is 55.6 cm³/mol. The van der Waals surface area contributed by atoms with E-state index in [0.717, 1.165) is 0 Å². The summed E-state index contributed by atoms with van der Waals surface area (Å²) in [5.41, 5.74) is 0. The van der Waals surface area contributed by atoms with E-state index >= 15 is 0 Å². The predicted octanol–water partition coefficient (Wildman–Crippen LogP) is 0.328. The molecular weight excluding hydrogens is 226 g/mol. The van der Waals surface area contributed by atoms with Crippen LogP contribution in [0.1, 0.15) is 13.8 Å². The number of hydrogen-bond donors (Lipinski definition) is 0. The highest BCUT2D eigenvalue weighted by Gasteiger charge is 2.30. The number of rotatable bonds is 3. The molecule has 6 nitrogen and oxygen atoms in total. The Morgan fingerprint density at radius 2 is 2.06 bits per heavy atom. The maximum Gasteiger partial charge on any atom is 0.303 e. The van der Waals surface area contributed by atoms with Crippen molar-refractivity contribution in [3.8, 4) is 6.07 Å². The van der Waals surface area contributed by atoms with Crippen molar-refractivity contribution in [1.29, 1.82) is 5.26 Å². The van der Waals surface area contributed by atoms with Gasteiger partial charge >= 0.3 is 11.9 Å². The van der Waals surface area contributed by atoms with Crippen LogP contribution in [0.25, 0.3) is 0 Å². The summed E-state index contributed by atoms with van der Waals surface area (Å²) in [6.45, 7) is 2.48. The zero-order valence-corrected chi connectivity index (χ0v) is 9.58. The van der Waals surface area contributed by atoms with E-state index in [1.54, 1.807) is 6.08 Å². The van der Waals surface area contributed by atoms with Crippen molar-refractivity contribution < 1.29 is 23.8 Å². The van der Waals surface area contributed by atoms with Gasteiger partial charge in [-0.25, -0.2) is 0 Å². The van der Waals surface area contributed by atoms with Gasteiger partial charge in [0, 0.05) is 13.8 Å². The second kappa shape index (κ2) is 6.01. The summed E-state index contributed by atoms with van der Waals surface area (Å²) in [5, 5.41) is 8.71. The molecule has 0 aromatic heterocycles. The van der Waals surface area contributed by atoms with Gasteiger partial charge < -0.3 is 14.2 Å². The van der Waals surface area contributed by atoms with Crippen LogP contribution in [-0.4, -0.2) is 36.9 Å². The molecule has 0 unspecified atom stereocenters. The summed E-state index contributed by atoms with van der Waals surface area (Å²) >= 11 is 0. The Bertz CT molecular complexity index is 371. The average molecular weight is 239 g/mol. The zero-order valence-electron chi connectivity index (χ0n) is 9.58. The van der Waals surface area contributed by atoms with Gasteiger partial charge in [0.1, 0.15) is 18.8 Å². The highest BCUT2D eigenvalue weighted by molar-refractivity contribution is 5.66. The van der Waals surface area contributed by atoms with Gasteiger partial charge in [-0.15, -0.1) is 0 Å². The molecule has 0 saturated heterocycles. The average Bonchev–Trinajstić information content (AvgIpc) is 2.27. The van der Waals surface area contributed by atoms with Crippen LogP contribution in [0.4, 0.5) is 0 Å². The SMILES string of the molecule is CC(=O)OC[C@H]1O[C@H](C#N)C=C[C@H]1OC(C)=O. The molecule has 0 fully saturated rings. The smallest absolute Gasteiger partial charge is 0.303 e. The molecule has 0 N–H and O–H groups in total. The Hall–Kier alpha value is -1.87. The molecule has 0 amide bonds. The van der Waals surface area contributed by atoms with E-state index in [1.807, 2.05) is 6.07 Å². The van der Waals surface area contributed by atoms with Crippen LogP contribution in [0.15, 0.2) is 12.2 Å². The van der Waals surface area contributed by atoms with E-state index in [2.05, 4.69) is 0 Å². The number of hydrogen-bond acceptors (Lipinski definition) is 6. The molecule has 0 saturated carbocycles. The summed E-state index contributed by atoms with van der Waals surface area (Å²) in [6, 6.07) is 1.91. The van der Waals surface area contributed by atoms with Crippen LogP contribution in [0.3, 0.4) is 0 Å². The number of esters is 2. The highest BCUT2D eigenvalue weighted by Crippen LogP contribution is 2.16. The first kappa shape index (κ1) is 13.2. The van der Waals surface area contributed by atoms with E-state index in [1.165, 1.54) is 19.9 Å². The second-order valence-corrected chi connectivity index (χ2v) is 3.49. The Labute approximate surface area is 98.7 Å². The molecule has 0 radical (unpaired) electrons. The lowest BCUT2D eigenvalue weighted by molar-refractivity contribution is -0.161. The van der Waals surface area contributed by atoms with Gasteiger partial charge in [0.2, 0.25) is 0 Å². The first-order valence-corrected chi connectivity index (χ1v) is 5.07. The lowest BCUT2D eigenvalue weighted by atomic mass is 10.1. The van der Waals surface area contributed by atoms with Crippen molar-refractivity contribution in [3.63, 3.8) is 0 Å². The summed E-state index contributed by atoms with van der Waals surface area (Å²) < 4.78 is 15.1. The lowest BCUT2D eigenvalue weighted by Gasteiger charge is -2.28. The molecule has 0 aromatic rings. The molecule has 0 aromatic carbocycles. The molecule has 17 heavy (non-hydrogen) atoms. The Morgan fingerprint density at radius 1 is 1.35 bits per heavy atom. The molecule has 0 spiro atoms. The van der Waals surface area contributed by atoms with E-state index in [9.17, 15) is 9.59 Å². The first-order valence-electron chi connectivity index (χ1n) is 5.07. The molecule has 1 heterocycles. The number of carbonyl (C=O) groups excluding carboxylic acids is 2. The van der Waals surface area contributed by atoms with Gasteiger partial charge in [0.05, 0.1) is 6.07 Å². The minimum Gasteiger partial charge on any atom is -0.463 e. The number of ether oxygens (including phenoxy) is 3. The fourth-order valence-corrected chi connectivity index (χ4v) is 1.36. The largest absolute Gasteiger partial charge is 0.463 e. The first-order chi connectivity index (χ1) is 8.02. The summed E-state index contributed by atoms with van der Waals surface area (Å²) in [5.74, 6) is -0.926. The fraction of sp³-hybridized carbons (Fsp3) is 0.545. The van der Waals surface area contributed by atoms with Crippen LogP contribution in [0, 0.1) is 11.3 Å². The third-order valence-corrected chi connectivity index (χ3v) is 2.04. The van der Waals surface area contributed by atoms with Gasteiger partial charge in [-0.05, 0) is 12.2 Å². The third kappa shape index (κ3) is 4.25. The molecule has 92 valence electrons. The van der Waals surface area contributed by atoms with Gasteiger partial charge in [0.15, 0.2) is 6.10 Å². The van der Waals surface area contributed by atoms with Gasteiger partial charge in [-0.2, -0.15) is 5.26 Å². The topological polar surface area (TPSA) is 85.6 Å². The third-order valence-electron chi connectivity index (χ3n) is 2.04. The molecular formula is C11H13NO5. The van der Waals surface area contributed by atoms with E-state index in [4.69, 9.17) is 19.5 Å². The fourth-order valence-electron chi connectivity index (χ4n) is 1.36. The van der Waals surface area contributed by atoms with Gasteiger partial charge in [0.25, 0.3) is 0 Å². The van der Waals surface area contributed by atoms with Crippen LogP contribution in [0.5, 0.6) is 0 Å². The quantitative estimate of drug-likeness (QED) is 0.521. The molecule has 3 atom stereocenters. The van der Waals surface area contributed by atoms with Crippen LogP contribution in [-0.2, 0) is 23.8 Å². The molecule has 1 rings (SSSR count). The standard InChI is InChI=1S/C11H13NO5/c1-7(13)15-6-11-10(16-8(2)14)4-3-9(5-12)17-11/h3-4,9-11H,6H2,1-2H3/t9-,10+,11+/m0/s1. The van der Waals surface area contributed by atoms with Crippen LogP contribution in [0.2, 0.25) is 0 Å². The normalized spacial score (nSPS) is 27.0. The second-order valence-electron chi connectivity index (χ2n) is 3.49. The summed E-state index contributed by atoms with van der Waals surface area (Å²) in [6.07, 6.45) is 1.04. The van der Waals surface area contributed by atoms with Gasteiger partial charge in [-0.3, -0.25) is 9.59 Å². The number of nitrogens with zero attached hydrogens (tertiary/aromatic N) is 1. The maximum absolute atomic E-state index is 10.9. The van der Waals surface area contributed by atoms with E-state index in [-0.39, 0.29) is 6.61 Å². The van der Waals surface area contributed by atoms with E-state index in [0.29, 0.717) is 0 Å². The van der Waals surface area contributed by atoms with Crippen LogP contribution < -0.4 is 0 Å². The minimum atomic E-state index is -0.720. The molecule has 1 aliphatic heterocycles. The van der Waals surface area contributed by atoms with Crippen molar-refractivity contribution in [2.24, 2.45) is 0 Å². The molecule has 6 heteroatoms. The Morgan fingerprint density at radius 3 is 2.59 bits per heavy atom.